The third-order valence-corrected chi connectivity index (χ3v) is 2.92. The number of aromatic nitrogens is 2. The predicted octanol–water partition coefficient (Wildman–Crippen LogP) is 3.04. The molecule has 2 aromatic rings. The van der Waals surface area contributed by atoms with E-state index in [2.05, 4.69) is 34.7 Å². The van der Waals surface area contributed by atoms with Crippen LogP contribution in [0.5, 0.6) is 0 Å². The van der Waals surface area contributed by atoms with Gasteiger partial charge in [-0.25, -0.2) is 0 Å². The van der Waals surface area contributed by atoms with Crippen molar-refractivity contribution in [1.82, 2.24) is 9.55 Å². The Balaban J connectivity index is 2.38. The molecule has 4 heteroatoms. The van der Waals surface area contributed by atoms with Crippen LogP contribution in [0.25, 0.3) is 11.0 Å². The predicted molar refractivity (Wildman–Crippen MR) is 68.4 cm³/mol. The monoisotopic (exact) mass is 236 g/mol. The molecule has 0 spiro atoms. The average Bonchev–Trinajstić information content (AvgIpc) is 2.56. The van der Waals surface area contributed by atoms with E-state index in [9.17, 15) is 0 Å². The average molecular weight is 236 g/mol. The highest BCUT2D eigenvalue weighted by atomic mass is 32.1. The molecule has 0 radical (unpaired) electrons. The minimum atomic E-state index is 0.700. The highest BCUT2D eigenvalue weighted by Crippen LogP contribution is 2.15. The van der Waals surface area contributed by atoms with Crippen LogP contribution >= 0.6 is 12.2 Å². The van der Waals surface area contributed by atoms with Crippen LogP contribution in [0.15, 0.2) is 18.2 Å². The number of nitrogens with zero attached hydrogens (tertiary/aromatic N) is 1. The van der Waals surface area contributed by atoms with E-state index in [1.54, 1.807) is 0 Å². The number of benzene rings is 1. The lowest BCUT2D eigenvalue weighted by atomic mass is 10.2. The van der Waals surface area contributed by atoms with Crippen LogP contribution in [0.1, 0.15) is 12.5 Å². The van der Waals surface area contributed by atoms with Crippen LogP contribution in [-0.4, -0.2) is 22.8 Å². The van der Waals surface area contributed by atoms with Crippen LogP contribution in [0.4, 0.5) is 0 Å². The smallest absolute Gasteiger partial charge is 0.178 e. The van der Waals surface area contributed by atoms with Gasteiger partial charge in [0.05, 0.1) is 17.6 Å². The fraction of sp³-hybridized carbons (Fsp3) is 0.417. The zero-order valence-electron chi connectivity index (χ0n) is 9.62. The van der Waals surface area contributed by atoms with Gasteiger partial charge in [0.1, 0.15) is 0 Å². The van der Waals surface area contributed by atoms with Gasteiger partial charge in [0.15, 0.2) is 4.77 Å². The lowest BCUT2D eigenvalue weighted by Crippen LogP contribution is -2.05. The van der Waals surface area contributed by atoms with Crippen molar-refractivity contribution in [3.05, 3.63) is 28.5 Å². The molecule has 0 aliphatic rings. The zero-order chi connectivity index (χ0) is 11.5. The standard InChI is InChI=1S/C12H16N2OS/c1-3-15-7-6-14-11-8-9(2)4-5-10(11)13-12(14)16/h4-5,8H,3,6-7H2,1-2H3,(H,13,16). The Morgan fingerprint density at radius 2 is 2.25 bits per heavy atom. The van der Waals surface area contributed by atoms with Gasteiger partial charge >= 0.3 is 0 Å². The van der Waals surface area contributed by atoms with Crippen molar-refractivity contribution in [3.63, 3.8) is 0 Å². The minimum absolute atomic E-state index is 0.700. The first-order valence-corrected chi connectivity index (χ1v) is 5.90. The van der Waals surface area contributed by atoms with Gasteiger partial charge < -0.3 is 14.3 Å². The molecule has 86 valence electrons. The second kappa shape index (κ2) is 4.80. The summed E-state index contributed by atoms with van der Waals surface area (Å²) in [6.45, 7) is 6.33. The Bertz CT molecular complexity index is 541. The van der Waals surface area contributed by atoms with E-state index in [0.717, 1.165) is 29.0 Å². The molecule has 0 unspecified atom stereocenters. The summed E-state index contributed by atoms with van der Waals surface area (Å²) >= 11 is 5.30. The van der Waals surface area contributed by atoms with E-state index in [1.165, 1.54) is 5.56 Å². The number of aromatic amines is 1. The normalized spacial score (nSPS) is 11.1. The van der Waals surface area contributed by atoms with Crippen molar-refractivity contribution in [1.29, 1.82) is 0 Å². The van der Waals surface area contributed by atoms with Gasteiger partial charge in [0, 0.05) is 13.2 Å². The number of rotatable bonds is 4. The lowest BCUT2D eigenvalue weighted by molar-refractivity contribution is 0.139. The van der Waals surface area contributed by atoms with Crippen molar-refractivity contribution in [2.75, 3.05) is 13.2 Å². The van der Waals surface area contributed by atoms with Gasteiger partial charge in [-0.15, -0.1) is 0 Å². The minimum Gasteiger partial charge on any atom is -0.380 e. The summed E-state index contributed by atoms with van der Waals surface area (Å²) in [5.41, 5.74) is 3.49. The summed E-state index contributed by atoms with van der Waals surface area (Å²) in [5, 5.41) is 0. The number of ether oxygens (including phenoxy) is 1. The van der Waals surface area contributed by atoms with Crippen LogP contribution in [0.2, 0.25) is 0 Å². The molecule has 0 aliphatic heterocycles. The highest BCUT2D eigenvalue weighted by molar-refractivity contribution is 7.71. The number of hydrogen-bond acceptors (Lipinski definition) is 2. The number of fused-ring (bicyclic) bond motifs is 1. The molecule has 3 nitrogen and oxygen atoms in total. The molecule has 0 saturated carbocycles. The molecule has 0 bridgehead atoms. The molecular formula is C12H16N2OS. The Labute approximate surface area is 100 Å². The van der Waals surface area contributed by atoms with Crippen molar-refractivity contribution in [3.8, 4) is 0 Å². The molecule has 0 atom stereocenters. The number of nitrogens with one attached hydrogen (secondary N) is 1. The maximum absolute atomic E-state index is 5.36. The number of imidazole rings is 1. The maximum Gasteiger partial charge on any atom is 0.178 e. The van der Waals surface area contributed by atoms with Gasteiger partial charge in [-0.1, -0.05) is 6.07 Å². The second-order valence-corrected chi connectivity index (χ2v) is 4.19. The molecule has 1 heterocycles. The first-order chi connectivity index (χ1) is 7.72. The molecule has 1 N–H and O–H groups in total. The largest absolute Gasteiger partial charge is 0.380 e. The molecule has 1 aromatic heterocycles. The Hall–Kier alpha value is -1.13. The quantitative estimate of drug-likeness (QED) is 0.653. The van der Waals surface area contributed by atoms with Crippen molar-refractivity contribution in [2.24, 2.45) is 0 Å². The third-order valence-electron chi connectivity index (χ3n) is 2.59. The molecular weight excluding hydrogens is 220 g/mol. The van der Waals surface area contributed by atoms with Crippen molar-refractivity contribution >= 4 is 23.3 Å². The van der Waals surface area contributed by atoms with Crippen molar-refractivity contribution in [2.45, 2.75) is 20.4 Å². The van der Waals surface area contributed by atoms with E-state index in [4.69, 9.17) is 17.0 Å². The Morgan fingerprint density at radius 1 is 1.44 bits per heavy atom. The summed E-state index contributed by atoms with van der Waals surface area (Å²) < 4.78 is 8.21. The summed E-state index contributed by atoms with van der Waals surface area (Å²) in [5.74, 6) is 0. The molecule has 0 amide bonds. The molecule has 1 aromatic carbocycles. The van der Waals surface area contributed by atoms with E-state index >= 15 is 0 Å². The molecule has 2 rings (SSSR count). The van der Waals surface area contributed by atoms with E-state index < -0.39 is 0 Å². The first-order valence-electron chi connectivity index (χ1n) is 5.49. The topological polar surface area (TPSA) is 29.9 Å². The van der Waals surface area contributed by atoms with Gasteiger partial charge in [0.25, 0.3) is 0 Å². The maximum atomic E-state index is 5.36. The number of hydrogen-bond donors (Lipinski definition) is 1. The third kappa shape index (κ3) is 2.18. The summed E-state index contributed by atoms with van der Waals surface area (Å²) in [6, 6.07) is 6.30. The van der Waals surface area contributed by atoms with Gasteiger partial charge in [-0.3, -0.25) is 0 Å². The Morgan fingerprint density at radius 3 is 3.00 bits per heavy atom. The summed E-state index contributed by atoms with van der Waals surface area (Å²) in [7, 11) is 0. The van der Waals surface area contributed by atoms with Crippen LogP contribution in [0, 0.1) is 11.7 Å². The van der Waals surface area contributed by atoms with Crippen LogP contribution in [-0.2, 0) is 11.3 Å². The summed E-state index contributed by atoms with van der Waals surface area (Å²) in [6.07, 6.45) is 0. The Kier molecular flexibility index (Phi) is 3.41. The fourth-order valence-electron chi connectivity index (χ4n) is 1.78. The molecule has 0 saturated heterocycles. The van der Waals surface area contributed by atoms with Crippen molar-refractivity contribution < 1.29 is 4.74 Å². The van der Waals surface area contributed by atoms with E-state index in [1.807, 2.05) is 6.92 Å². The molecule has 0 fully saturated rings. The van der Waals surface area contributed by atoms with Gasteiger partial charge in [-0.05, 0) is 43.8 Å². The van der Waals surface area contributed by atoms with E-state index in [-0.39, 0.29) is 0 Å². The summed E-state index contributed by atoms with van der Waals surface area (Å²) in [4.78, 5) is 3.20. The van der Waals surface area contributed by atoms with Gasteiger partial charge in [-0.2, -0.15) is 0 Å². The SMILES string of the molecule is CCOCCn1c(=S)[nH]c2ccc(C)cc21. The fourth-order valence-corrected chi connectivity index (χ4v) is 2.08. The number of aryl methyl sites for hydroxylation is 1. The van der Waals surface area contributed by atoms with Crippen LogP contribution < -0.4 is 0 Å². The lowest BCUT2D eigenvalue weighted by Gasteiger charge is -2.04. The van der Waals surface area contributed by atoms with Gasteiger partial charge in [0.2, 0.25) is 0 Å². The van der Waals surface area contributed by atoms with Crippen LogP contribution in [0.3, 0.4) is 0 Å². The molecule has 0 aliphatic carbocycles. The highest BCUT2D eigenvalue weighted by Gasteiger charge is 2.03. The number of H-pyrrole nitrogens is 1. The second-order valence-electron chi connectivity index (χ2n) is 3.80. The first kappa shape index (κ1) is 11.4. The van der Waals surface area contributed by atoms with E-state index in [0.29, 0.717) is 6.61 Å². The molecule has 16 heavy (non-hydrogen) atoms. The zero-order valence-corrected chi connectivity index (χ0v) is 10.4.